The van der Waals surface area contributed by atoms with Crippen LogP contribution in [0.2, 0.25) is 0 Å². The first kappa shape index (κ1) is 35.4. The summed E-state index contributed by atoms with van der Waals surface area (Å²) in [6.45, 7) is 6.68. The van der Waals surface area contributed by atoms with Gasteiger partial charge in [0.1, 0.15) is 6.10 Å². The highest BCUT2D eigenvalue weighted by Crippen LogP contribution is 2.36. The lowest BCUT2D eigenvalue weighted by atomic mass is 9.99. The maximum absolute atomic E-state index is 13.8. The first-order valence-electron chi connectivity index (χ1n) is 16.1. The van der Waals surface area contributed by atoms with Crippen LogP contribution in [0.1, 0.15) is 45.7 Å². The highest BCUT2D eigenvalue weighted by Gasteiger charge is 2.35. The van der Waals surface area contributed by atoms with Crippen molar-refractivity contribution in [1.29, 1.82) is 0 Å². The second kappa shape index (κ2) is 15.1. The van der Waals surface area contributed by atoms with Gasteiger partial charge in [0.15, 0.2) is 5.75 Å². The Balaban J connectivity index is 1.37. The summed E-state index contributed by atoms with van der Waals surface area (Å²) in [6.07, 6.45) is -0.461. The van der Waals surface area contributed by atoms with E-state index in [0.717, 1.165) is 11.1 Å². The number of ether oxygens (including phenoxy) is 1. The number of nitrogen functional groups attached to an aromatic ring is 1. The monoisotopic (exact) mass is 685 g/mol. The molecule has 5 N–H and O–H groups in total. The molecule has 49 heavy (non-hydrogen) atoms. The number of aliphatic hydroxyl groups is 1. The van der Waals surface area contributed by atoms with Crippen molar-refractivity contribution in [3.05, 3.63) is 113 Å². The zero-order chi connectivity index (χ0) is 35.3. The third kappa shape index (κ3) is 8.40. The largest absolute Gasteiger partial charge is 0.486 e. The molecule has 1 heterocycles. The Hall–Kier alpha value is -4.91. The van der Waals surface area contributed by atoms with Gasteiger partial charge in [0.2, 0.25) is 0 Å². The topological polar surface area (TPSA) is 154 Å². The Bertz CT molecular complexity index is 1900. The van der Waals surface area contributed by atoms with Crippen molar-refractivity contribution in [1.82, 2.24) is 9.80 Å². The lowest BCUT2D eigenvalue weighted by molar-refractivity contribution is 0.0344. The Kier molecular flexibility index (Phi) is 10.9. The summed E-state index contributed by atoms with van der Waals surface area (Å²) in [5.41, 5.74) is 9.73. The summed E-state index contributed by atoms with van der Waals surface area (Å²) in [7, 11) is -2.06. The number of aliphatic hydroxyl groups excluding tert-OH is 1. The Labute approximate surface area is 287 Å². The second-order valence-electron chi connectivity index (χ2n) is 12.7. The quantitative estimate of drug-likeness (QED) is 0.161. The Morgan fingerprint density at radius 1 is 1.02 bits per heavy atom. The van der Waals surface area contributed by atoms with Crippen LogP contribution in [0.5, 0.6) is 5.75 Å². The predicted molar refractivity (Wildman–Crippen MR) is 191 cm³/mol. The number of nitrogens with two attached hydrogens (primary N) is 1. The fourth-order valence-corrected chi connectivity index (χ4v) is 6.78. The molecule has 0 saturated heterocycles. The number of carbonyl (C=O) groups is 2. The van der Waals surface area contributed by atoms with E-state index in [1.165, 1.54) is 12.1 Å². The van der Waals surface area contributed by atoms with Crippen molar-refractivity contribution in [2.75, 3.05) is 42.5 Å². The lowest BCUT2D eigenvalue weighted by Gasteiger charge is -2.38. The Morgan fingerprint density at radius 3 is 2.37 bits per heavy atom. The number of para-hydroxylation sites is 3. The van der Waals surface area contributed by atoms with E-state index < -0.39 is 22.2 Å². The molecule has 0 bridgehead atoms. The van der Waals surface area contributed by atoms with Gasteiger partial charge in [0.25, 0.3) is 21.8 Å². The van der Waals surface area contributed by atoms with Crippen molar-refractivity contribution in [3.8, 4) is 5.75 Å². The minimum absolute atomic E-state index is 0.0840. The second-order valence-corrected chi connectivity index (χ2v) is 14.3. The van der Waals surface area contributed by atoms with E-state index in [1.807, 2.05) is 33.0 Å². The number of sulfonamides is 1. The first-order chi connectivity index (χ1) is 23.4. The number of fused-ring (bicyclic) bond motifs is 1. The molecule has 4 aromatic carbocycles. The van der Waals surface area contributed by atoms with E-state index in [-0.39, 0.29) is 46.2 Å². The molecule has 0 aromatic heterocycles. The number of aryl methyl sites for hydroxylation is 1. The van der Waals surface area contributed by atoms with Gasteiger partial charge in [-0.2, -0.15) is 0 Å². The van der Waals surface area contributed by atoms with Crippen LogP contribution in [0.15, 0.2) is 95.9 Å². The van der Waals surface area contributed by atoms with E-state index in [2.05, 4.69) is 14.9 Å². The van der Waals surface area contributed by atoms with Crippen LogP contribution < -0.4 is 20.5 Å². The van der Waals surface area contributed by atoms with Crippen LogP contribution in [-0.2, 0) is 16.6 Å². The summed E-state index contributed by atoms with van der Waals surface area (Å²) in [4.78, 5) is 30.4. The van der Waals surface area contributed by atoms with E-state index in [9.17, 15) is 23.1 Å². The van der Waals surface area contributed by atoms with Crippen LogP contribution in [0.25, 0.3) is 0 Å². The van der Waals surface area contributed by atoms with Gasteiger partial charge >= 0.3 is 0 Å². The zero-order valence-corrected chi connectivity index (χ0v) is 28.9. The van der Waals surface area contributed by atoms with Crippen LogP contribution in [0, 0.1) is 12.8 Å². The summed E-state index contributed by atoms with van der Waals surface area (Å²) >= 11 is 0. The molecule has 0 fully saturated rings. The summed E-state index contributed by atoms with van der Waals surface area (Å²) in [5.74, 6) is -0.673. The zero-order valence-electron chi connectivity index (χ0n) is 28.1. The van der Waals surface area contributed by atoms with Crippen molar-refractivity contribution in [3.63, 3.8) is 0 Å². The highest BCUT2D eigenvalue weighted by molar-refractivity contribution is 7.92. The normalized spacial score (nSPS) is 17.0. The fraction of sp³-hybridized carbons (Fsp3) is 0.297. The van der Waals surface area contributed by atoms with E-state index >= 15 is 0 Å². The molecule has 3 atom stereocenters. The van der Waals surface area contributed by atoms with Gasteiger partial charge < -0.3 is 25.8 Å². The van der Waals surface area contributed by atoms with Crippen LogP contribution in [0.3, 0.4) is 0 Å². The van der Waals surface area contributed by atoms with Crippen LogP contribution in [0.4, 0.5) is 17.1 Å². The molecule has 11 nitrogen and oxygen atoms in total. The smallest absolute Gasteiger partial charge is 0.262 e. The lowest BCUT2D eigenvalue weighted by Crippen LogP contribution is -2.49. The molecule has 12 heteroatoms. The number of amides is 2. The van der Waals surface area contributed by atoms with Crippen LogP contribution >= 0.6 is 0 Å². The average Bonchev–Trinajstić information content (AvgIpc) is 3.07. The van der Waals surface area contributed by atoms with Gasteiger partial charge in [0, 0.05) is 31.1 Å². The Morgan fingerprint density at radius 2 is 1.69 bits per heavy atom. The van der Waals surface area contributed by atoms with Crippen molar-refractivity contribution >= 4 is 38.9 Å². The van der Waals surface area contributed by atoms with Gasteiger partial charge in [0.05, 0.1) is 40.2 Å². The van der Waals surface area contributed by atoms with Gasteiger partial charge in [-0.05, 0) is 75.0 Å². The van der Waals surface area contributed by atoms with Gasteiger partial charge in [-0.25, -0.2) is 8.42 Å². The van der Waals surface area contributed by atoms with Gasteiger partial charge in [-0.15, -0.1) is 0 Å². The number of carbonyl (C=O) groups excluding carboxylic acids is 2. The molecule has 1 aliphatic heterocycles. The molecule has 0 saturated carbocycles. The number of anilines is 3. The third-order valence-electron chi connectivity index (χ3n) is 8.64. The highest BCUT2D eigenvalue weighted by atomic mass is 32.2. The molecule has 0 unspecified atom stereocenters. The van der Waals surface area contributed by atoms with Gasteiger partial charge in [-0.3, -0.25) is 19.2 Å². The number of rotatable bonds is 11. The molecule has 0 aliphatic carbocycles. The molecular formula is C37H43N5O6S. The predicted octanol–water partition coefficient (Wildman–Crippen LogP) is 4.98. The summed E-state index contributed by atoms with van der Waals surface area (Å²) in [5, 5.41) is 12.9. The molecule has 1 aliphatic rings. The number of nitrogens with zero attached hydrogens (tertiary/aromatic N) is 2. The summed E-state index contributed by atoms with van der Waals surface area (Å²) in [6, 6.07) is 25.2. The molecule has 5 rings (SSSR count). The number of hydrogen-bond donors (Lipinski definition) is 4. The van der Waals surface area contributed by atoms with Crippen molar-refractivity contribution < 1.29 is 27.9 Å². The average molecular weight is 686 g/mol. The van der Waals surface area contributed by atoms with E-state index in [1.54, 1.807) is 78.6 Å². The number of nitrogens with one attached hydrogen (secondary N) is 2. The first-order valence-corrected chi connectivity index (χ1v) is 17.6. The number of hydrogen-bond acceptors (Lipinski definition) is 8. The molecule has 258 valence electrons. The van der Waals surface area contributed by atoms with Crippen molar-refractivity contribution in [2.45, 2.75) is 44.4 Å². The van der Waals surface area contributed by atoms with E-state index in [4.69, 9.17) is 10.5 Å². The standard InChI is InChI=1S/C37H43N5O6S/c1-24-12-18-29(19-13-24)49(46,47)40-33-11-7-8-30-35(33)48-34(25(2)20-42(37(30)45)26(3)23-43)22-41(4)21-27-14-16-28(17-15-27)36(44)39-32-10-6-5-9-31(32)38/h5-19,25-26,34,40,43H,20-23,38H2,1-4H3,(H,39,44)/t25-,26-,34+/m1/s1. The molecule has 0 radical (unpaired) electrons. The summed E-state index contributed by atoms with van der Waals surface area (Å²) < 4.78 is 36.1. The molecule has 0 spiro atoms. The molecule has 2 amide bonds. The minimum atomic E-state index is -4.00. The van der Waals surface area contributed by atoms with E-state index in [0.29, 0.717) is 36.6 Å². The SMILES string of the molecule is Cc1ccc(S(=O)(=O)Nc2cccc3c2O[C@@H](CN(C)Cc2ccc(C(=O)Nc4ccccc4N)cc2)[C@H](C)CN([C@H](C)CO)C3=O)cc1. The molecular weight excluding hydrogens is 643 g/mol. The maximum Gasteiger partial charge on any atom is 0.262 e. The minimum Gasteiger partial charge on any atom is -0.486 e. The number of benzene rings is 4. The maximum atomic E-state index is 13.8. The van der Waals surface area contributed by atoms with Crippen LogP contribution in [-0.4, -0.2) is 74.0 Å². The van der Waals surface area contributed by atoms with Gasteiger partial charge in [-0.1, -0.05) is 55.0 Å². The third-order valence-corrected chi connectivity index (χ3v) is 10.0. The fourth-order valence-electron chi connectivity index (χ4n) is 5.71. The molecule has 4 aromatic rings. The number of likely N-dealkylation sites (N-methyl/N-ethyl adjacent to an activating group) is 1. The van der Waals surface area contributed by atoms with Crippen molar-refractivity contribution in [2.24, 2.45) is 5.92 Å².